The van der Waals surface area contributed by atoms with Crippen LogP contribution in [0.4, 0.5) is 5.69 Å². The molecule has 0 aliphatic heterocycles. The van der Waals surface area contributed by atoms with Crippen molar-refractivity contribution in [2.24, 2.45) is 0 Å². The molecule has 0 aliphatic carbocycles. The molecule has 186 valence electrons. The fourth-order valence-electron chi connectivity index (χ4n) is 4.20. The lowest BCUT2D eigenvalue weighted by Crippen LogP contribution is -2.27. The molecule has 0 saturated heterocycles. The van der Waals surface area contributed by atoms with Gasteiger partial charge in [-0.15, -0.1) is 11.8 Å². The third kappa shape index (κ3) is 6.58. The molecule has 2 amide bonds. The van der Waals surface area contributed by atoms with Gasteiger partial charge < -0.3 is 15.2 Å². The molecule has 1 aromatic heterocycles. The van der Waals surface area contributed by atoms with E-state index in [0.717, 1.165) is 33.5 Å². The predicted molar refractivity (Wildman–Crippen MR) is 150 cm³/mol. The summed E-state index contributed by atoms with van der Waals surface area (Å²) in [6, 6.07) is 23.9. The van der Waals surface area contributed by atoms with Crippen molar-refractivity contribution in [3.63, 3.8) is 0 Å². The van der Waals surface area contributed by atoms with E-state index in [9.17, 15) is 9.59 Å². The molecule has 0 spiro atoms. The highest BCUT2D eigenvalue weighted by Gasteiger charge is 2.12. The van der Waals surface area contributed by atoms with Crippen molar-refractivity contribution in [1.82, 2.24) is 9.88 Å². The van der Waals surface area contributed by atoms with Crippen molar-refractivity contribution in [2.75, 3.05) is 17.6 Å². The molecule has 0 saturated carbocycles. The topological polar surface area (TPSA) is 63.1 Å². The Balaban J connectivity index is 1.34. The monoisotopic (exact) mass is 499 g/mol. The first kappa shape index (κ1) is 25.6. The number of thioether (sulfide) groups is 1. The number of unbranched alkanes of at least 4 members (excludes halogenated alkanes) is 1. The van der Waals surface area contributed by atoms with E-state index in [1.165, 1.54) is 30.2 Å². The number of fused-ring (bicyclic) bond motifs is 1. The summed E-state index contributed by atoms with van der Waals surface area (Å²) < 4.78 is 2.14. The first-order chi connectivity index (χ1) is 17.5. The number of nitrogens with zero attached hydrogens (tertiary/aromatic N) is 1. The molecule has 5 nitrogen and oxygen atoms in total. The van der Waals surface area contributed by atoms with Gasteiger partial charge in [0.1, 0.15) is 0 Å². The summed E-state index contributed by atoms with van der Waals surface area (Å²) in [6.07, 6.45) is 5.49. The van der Waals surface area contributed by atoms with Gasteiger partial charge in [0.05, 0.1) is 5.75 Å². The van der Waals surface area contributed by atoms with Crippen LogP contribution in [-0.4, -0.2) is 28.7 Å². The maximum absolute atomic E-state index is 12.6. The number of hydrogen-bond acceptors (Lipinski definition) is 3. The minimum atomic E-state index is -0.0609. The molecule has 0 unspecified atom stereocenters. The van der Waals surface area contributed by atoms with Crippen molar-refractivity contribution >= 4 is 40.2 Å². The number of aryl methyl sites for hydroxylation is 2. The first-order valence-electron chi connectivity index (χ1n) is 12.5. The Bertz CT molecular complexity index is 1330. The molecule has 0 fully saturated rings. The normalized spacial score (nSPS) is 10.9. The van der Waals surface area contributed by atoms with E-state index in [1.54, 1.807) is 0 Å². The van der Waals surface area contributed by atoms with Crippen molar-refractivity contribution in [1.29, 1.82) is 0 Å². The summed E-state index contributed by atoms with van der Waals surface area (Å²) in [5, 5.41) is 7.14. The SMILES string of the molecule is CCCCc1ccc(NC(=O)CSc2cn(CCNC(=O)c3ccccc3C)c3ccccc23)cc1. The zero-order valence-electron chi connectivity index (χ0n) is 20.9. The summed E-state index contributed by atoms with van der Waals surface area (Å²) >= 11 is 1.53. The van der Waals surface area contributed by atoms with E-state index in [2.05, 4.69) is 52.6 Å². The summed E-state index contributed by atoms with van der Waals surface area (Å²) in [5.74, 6) is 0.244. The van der Waals surface area contributed by atoms with Crippen LogP contribution >= 0.6 is 11.8 Å². The average Bonchev–Trinajstić information content (AvgIpc) is 3.25. The Labute approximate surface area is 217 Å². The van der Waals surface area contributed by atoms with E-state index < -0.39 is 0 Å². The van der Waals surface area contributed by atoms with Crippen molar-refractivity contribution in [2.45, 2.75) is 44.6 Å². The van der Waals surface area contributed by atoms with E-state index >= 15 is 0 Å². The Hall–Kier alpha value is -3.51. The first-order valence-corrected chi connectivity index (χ1v) is 13.5. The Morgan fingerprint density at radius 3 is 2.47 bits per heavy atom. The van der Waals surface area contributed by atoms with E-state index in [-0.39, 0.29) is 11.8 Å². The number of carbonyl (C=O) groups excluding carboxylic acids is 2. The third-order valence-corrected chi connectivity index (χ3v) is 7.24. The fourth-order valence-corrected chi connectivity index (χ4v) is 5.09. The highest BCUT2D eigenvalue weighted by Crippen LogP contribution is 2.30. The number of para-hydroxylation sites is 1. The van der Waals surface area contributed by atoms with Crippen LogP contribution in [0.25, 0.3) is 10.9 Å². The summed E-state index contributed by atoms with van der Waals surface area (Å²) in [4.78, 5) is 26.2. The molecule has 0 atom stereocenters. The summed E-state index contributed by atoms with van der Waals surface area (Å²) in [6.45, 7) is 5.30. The Morgan fingerprint density at radius 2 is 1.69 bits per heavy atom. The lowest BCUT2D eigenvalue weighted by atomic mass is 10.1. The van der Waals surface area contributed by atoms with Gasteiger partial charge in [0.25, 0.3) is 5.91 Å². The molecule has 1 heterocycles. The molecular formula is C30H33N3O2S. The fraction of sp³-hybridized carbons (Fsp3) is 0.267. The van der Waals surface area contributed by atoms with Crippen LogP contribution in [-0.2, 0) is 17.8 Å². The molecule has 0 radical (unpaired) electrons. The number of aromatic nitrogens is 1. The molecule has 6 heteroatoms. The second-order valence-corrected chi connectivity index (χ2v) is 9.93. The third-order valence-electron chi connectivity index (χ3n) is 6.20. The van der Waals surface area contributed by atoms with Crippen LogP contribution in [0.15, 0.2) is 83.9 Å². The largest absolute Gasteiger partial charge is 0.350 e. The number of benzene rings is 3. The molecular weight excluding hydrogens is 466 g/mol. The average molecular weight is 500 g/mol. The molecule has 4 aromatic rings. The van der Waals surface area contributed by atoms with Crippen LogP contribution in [0.3, 0.4) is 0 Å². The maximum atomic E-state index is 12.6. The molecule has 0 bridgehead atoms. The van der Waals surface area contributed by atoms with Crippen LogP contribution in [0.1, 0.15) is 41.3 Å². The number of hydrogen-bond donors (Lipinski definition) is 2. The molecule has 2 N–H and O–H groups in total. The number of nitrogens with one attached hydrogen (secondary N) is 2. The predicted octanol–water partition coefficient (Wildman–Crippen LogP) is 6.45. The van der Waals surface area contributed by atoms with Gasteiger partial charge in [0.15, 0.2) is 0 Å². The highest BCUT2D eigenvalue weighted by atomic mass is 32.2. The second kappa shape index (κ2) is 12.5. The molecule has 36 heavy (non-hydrogen) atoms. The number of carbonyl (C=O) groups is 2. The van der Waals surface area contributed by atoms with Crippen molar-refractivity contribution in [3.05, 3.63) is 95.7 Å². The zero-order valence-corrected chi connectivity index (χ0v) is 21.7. The highest BCUT2D eigenvalue weighted by molar-refractivity contribution is 8.00. The summed E-state index contributed by atoms with van der Waals surface area (Å²) in [5.41, 5.74) is 4.88. The van der Waals surface area contributed by atoms with Gasteiger partial charge >= 0.3 is 0 Å². The molecule has 4 rings (SSSR count). The van der Waals surface area contributed by atoms with Crippen LogP contribution in [0.5, 0.6) is 0 Å². The molecule has 0 aliphatic rings. The van der Waals surface area contributed by atoms with Gasteiger partial charge in [0.2, 0.25) is 5.91 Å². The Kier molecular flexibility index (Phi) is 8.85. The van der Waals surface area contributed by atoms with Gasteiger partial charge in [-0.05, 0) is 55.2 Å². The van der Waals surface area contributed by atoms with Crippen LogP contribution in [0.2, 0.25) is 0 Å². The van der Waals surface area contributed by atoms with Gasteiger partial charge in [0, 0.05) is 46.3 Å². The van der Waals surface area contributed by atoms with Gasteiger partial charge in [-0.25, -0.2) is 0 Å². The molecule has 3 aromatic carbocycles. The minimum Gasteiger partial charge on any atom is -0.350 e. The van der Waals surface area contributed by atoms with E-state index in [4.69, 9.17) is 0 Å². The second-order valence-electron chi connectivity index (χ2n) is 8.91. The van der Waals surface area contributed by atoms with Crippen LogP contribution < -0.4 is 10.6 Å². The summed E-state index contributed by atoms with van der Waals surface area (Å²) in [7, 11) is 0. The van der Waals surface area contributed by atoms with E-state index in [1.807, 2.05) is 55.5 Å². The zero-order chi connectivity index (χ0) is 25.3. The van der Waals surface area contributed by atoms with Crippen molar-refractivity contribution in [3.8, 4) is 0 Å². The van der Waals surface area contributed by atoms with Gasteiger partial charge in [-0.2, -0.15) is 0 Å². The quantitative estimate of drug-likeness (QED) is 0.233. The lowest BCUT2D eigenvalue weighted by molar-refractivity contribution is -0.113. The van der Waals surface area contributed by atoms with Crippen LogP contribution in [0, 0.1) is 6.92 Å². The van der Waals surface area contributed by atoms with Gasteiger partial charge in [-0.3, -0.25) is 9.59 Å². The lowest BCUT2D eigenvalue weighted by Gasteiger charge is -2.09. The standard InChI is InChI=1S/C30H33N3O2S/c1-3-4-10-23-14-16-24(17-15-23)32-29(34)21-36-28-20-33(27-13-8-7-12-26(27)28)19-18-31-30(35)25-11-6-5-9-22(25)2/h5-9,11-17,20H,3-4,10,18-19,21H2,1-2H3,(H,31,35)(H,32,34). The van der Waals surface area contributed by atoms with Crippen molar-refractivity contribution < 1.29 is 9.59 Å². The Morgan fingerprint density at radius 1 is 0.944 bits per heavy atom. The smallest absolute Gasteiger partial charge is 0.251 e. The van der Waals surface area contributed by atoms with E-state index in [0.29, 0.717) is 24.4 Å². The maximum Gasteiger partial charge on any atom is 0.251 e. The number of amides is 2. The van der Waals surface area contributed by atoms with Gasteiger partial charge in [-0.1, -0.05) is 61.9 Å². The number of rotatable bonds is 11. The minimum absolute atomic E-state index is 0.0244. The number of anilines is 1.